The van der Waals surface area contributed by atoms with Crippen LogP contribution in [0.3, 0.4) is 0 Å². The second-order valence-electron chi connectivity index (χ2n) is 3.86. The fourth-order valence-corrected chi connectivity index (χ4v) is 1.92. The first-order valence-corrected chi connectivity index (χ1v) is 4.78. The molecule has 2 aliphatic rings. The van der Waals surface area contributed by atoms with Gasteiger partial charge in [0.05, 0.1) is 6.07 Å². The zero-order valence-corrected chi connectivity index (χ0v) is 8.41. The molecule has 0 aliphatic carbocycles. The fraction of sp³-hybridized carbons (Fsp3) is 0.500. The molecule has 0 saturated heterocycles. The lowest BCUT2D eigenvalue weighted by Gasteiger charge is -2.31. The summed E-state index contributed by atoms with van der Waals surface area (Å²) in [6.45, 7) is 1.36. The molecule has 15 heavy (non-hydrogen) atoms. The highest BCUT2D eigenvalue weighted by Gasteiger charge is 2.37. The molecule has 0 saturated carbocycles. The van der Waals surface area contributed by atoms with E-state index in [9.17, 15) is 9.59 Å². The van der Waals surface area contributed by atoms with E-state index in [4.69, 9.17) is 5.26 Å². The molecule has 1 atom stereocenters. The minimum absolute atomic E-state index is 0.315. The van der Waals surface area contributed by atoms with Gasteiger partial charge in [-0.3, -0.25) is 9.59 Å². The van der Waals surface area contributed by atoms with Crippen molar-refractivity contribution in [3.05, 3.63) is 11.3 Å². The molecule has 0 spiro atoms. The number of rotatable bonds is 0. The minimum atomic E-state index is -1.15. The maximum absolute atomic E-state index is 11.7. The Kier molecular flexibility index (Phi) is 2.29. The van der Waals surface area contributed by atoms with E-state index in [1.165, 1.54) is 0 Å². The second kappa shape index (κ2) is 3.48. The van der Waals surface area contributed by atoms with E-state index in [1.54, 1.807) is 6.07 Å². The van der Waals surface area contributed by atoms with Crippen molar-refractivity contribution in [2.75, 3.05) is 20.1 Å². The van der Waals surface area contributed by atoms with Crippen LogP contribution in [0.15, 0.2) is 11.3 Å². The zero-order chi connectivity index (χ0) is 11.0. The van der Waals surface area contributed by atoms with E-state index in [0.717, 1.165) is 6.54 Å². The van der Waals surface area contributed by atoms with Crippen molar-refractivity contribution in [1.29, 1.82) is 5.26 Å². The summed E-state index contributed by atoms with van der Waals surface area (Å²) in [5.74, 6) is -1.95. The topological polar surface area (TPSA) is 73.2 Å². The van der Waals surface area contributed by atoms with Crippen molar-refractivity contribution in [1.82, 2.24) is 10.2 Å². The molecule has 0 aromatic rings. The molecule has 2 rings (SSSR count). The molecule has 2 aliphatic heterocycles. The van der Waals surface area contributed by atoms with Gasteiger partial charge in [-0.2, -0.15) is 5.26 Å². The number of nitrogens with zero attached hydrogens (tertiary/aromatic N) is 2. The van der Waals surface area contributed by atoms with Crippen molar-refractivity contribution < 1.29 is 9.59 Å². The first-order chi connectivity index (χ1) is 7.13. The predicted molar refractivity (Wildman–Crippen MR) is 51.4 cm³/mol. The lowest BCUT2D eigenvalue weighted by Crippen LogP contribution is -2.47. The summed E-state index contributed by atoms with van der Waals surface area (Å²) in [5.41, 5.74) is 1.30. The van der Waals surface area contributed by atoms with Gasteiger partial charge in [0.1, 0.15) is 0 Å². The highest BCUT2D eigenvalue weighted by molar-refractivity contribution is 6.15. The van der Waals surface area contributed by atoms with Gasteiger partial charge in [-0.1, -0.05) is 0 Å². The molecule has 1 N–H and O–H groups in total. The average Bonchev–Trinajstić information content (AvgIpc) is 2.17. The Labute approximate surface area is 87.3 Å². The van der Waals surface area contributed by atoms with Crippen LogP contribution in [0.25, 0.3) is 0 Å². The molecule has 0 aromatic carbocycles. The third-order valence-corrected chi connectivity index (χ3v) is 2.76. The summed E-state index contributed by atoms with van der Waals surface area (Å²) in [6, 6.07) is 1.74. The van der Waals surface area contributed by atoms with Crippen LogP contribution >= 0.6 is 0 Å². The summed E-state index contributed by atoms with van der Waals surface area (Å²) in [7, 11) is 1.93. The van der Waals surface area contributed by atoms with Gasteiger partial charge in [0.15, 0.2) is 11.7 Å². The van der Waals surface area contributed by atoms with Crippen LogP contribution in [-0.4, -0.2) is 36.7 Å². The van der Waals surface area contributed by atoms with Crippen molar-refractivity contribution in [3.8, 4) is 6.07 Å². The van der Waals surface area contributed by atoms with Crippen LogP contribution < -0.4 is 5.32 Å². The molecule has 1 unspecified atom stereocenters. The normalized spacial score (nSPS) is 27.1. The van der Waals surface area contributed by atoms with E-state index < -0.39 is 11.8 Å². The molecule has 5 nitrogen and oxygen atoms in total. The van der Waals surface area contributed by atoms with E-state index >= 15 is 0 Å². The third-order valence-electron chi connectivity index (χ3n) is 2.76. The molecule has 2 heterocycles. The third kappa shape index (κ3) is 1.53. The number of nitrogens with one attached hydrogen (secondary N) is 1. The average molecular weight is 205 g/mol. The number of hydrogen-bond acceptors (Lipinski definition) is 4. The number of likely N-dealkylation sites (N-methyl/N-ethyl adjacent to an activating group) is 1. The number of nitriles is 1. The Morgan fingerprint density at radius 1 is 1.53 bits per heavy atom. The first kappa shape index (κ1) is 9.87. The highest BCUT2D eigenvalue weighted by atomic mass is 16.2. The highest BCUT2D eigenvalue weighted by Crippen LogP contribution is 2.23. The largest absolute Gasteiger partial charge is 0.327 e. The smallest absolute Gasteiger partial charge is 0.249 e. The van der Waals surface area contributed by atoms with Gasteiger partial charge < -0.3 is 10.2 Å². The van der Waals surface area contributed by atoms with Gasteiger partial charge in [0, 0.05) is 24.4 Å². The molecule has 0 radical (unpaired) electrons. The Morgan fingerprint density at radius 3 is 2.93 bits per heavy atom. The van der Waals surface area contributed by atoms with Gasteiger partial charge in [-0.05, 0) is 13.5 Å². The summed E-state index contributed by atoms with van der Waals surface area (Å²) in [5, 5.41) is 11.3. The van der Waals surface area contributed by atoms with Gasteiger partial charge in [-0.15, -0.1) is 0 Å². The number of carbonyl (C=O) groups is 2. The number of hydrogen-bond donors (Lipinski definition) is 1. The molecular weight excluding hydrogens is 194 g/mol. The van der Waals surface area contributed by atoms with Gasteiger partial charge in [0.25, 0.3) is 0 Å². The molecule has 0 fully saturated rings. The van der Waals surface area contributed by atoms with Gasteiger partial charge in [-0.25, -0.2) is 0 Å². The SMILES string of the molecule is CN1CCC2=C(C1)NC(=O)C(C#N)C2=O. The Bertz CT molecular complexity index is 405. The van der Waals surface area contributed by atoms with Crippen LogP contribution in [0.4, 0.5) is 0 Å². The number of amides is 1. The van der Waals surface area contributed by atoms with E-state index in [1.807, 2.05) is 11.9 Å². The van der Waals surface area contributed by atoms with Crippen LogP contribution in [0.2, 0.25) is 0 Å². The fourth-order valence-electron chi connectivity index (χ4n) is 1.92. The monoisotopic (exact) mass is 205 g/mol. The Morgan fingerprint density at radius 2 is 2.27 bits per heavy atom. The molecule has 5 heteroatoms. The van der Waals surface area contributed by atoms with E-state index in [0.29, 0.717) is 24.2 Å². The molecule has 1 amide bonds. The minimum Gasteiger partial charge on any atom is -0.327 e. The summed E-state index contributed by atoms with van der Waals surface area (Å²) in [4.78, 5) is 25.2. The standard InChI is InChI=1S/C10H11N3O2/c1-13-3-2-6-8(5-13)12-10(15)7(4-11)9(6)14/h7H,2-3,5H2,1H3,(H,12,15). The molecule has 0 aromatic heterocycles. The molecule has 0 bridgehead atoms. The lowest BCUT2D eigenvalue weighted by atomic mass is 9.89. The zero-order valence-electron chi connectivity index (χ0n) is 8.41. The summed E-state index contributed by atoms with van der Waals surface area (Å²) >= 11 is 0. The van der Waals surface area contributed by atoms with Gasteiger partial charge >= 0.3 is 0 Å². The second-order valence-corrected chi connectivity index (χ2v) is 3.86. The molecular formula is C10H11N3O2. The maximum Gasteiger partial charge on any atom is 0.249 e. The van der Waals surface area contributed by atoms with Crippen molar-refractivity contribution in [2.24, 2.45) is 5.92 Å². The van der Waals surface area contributed by atoms with Crippen LogP contribution in [-0.2, 0) is 9.59 Å². The van der Waals surface area contributed by atoms with Gasteiger partial charge in [0.2, 0.25) is 5.91 Å². The molecule has 78 valence electrons. The summed E-state index contributed by atoms with van der Waals surface area (Å²) in [6.07, 6.45) is 0.614. The van der Waals surface area contributed by atoms with Crippen LogP contribution in [0.1, 0.15) is 6.42 Å². The van der Waals surface area contributed by atoms with Crippen molar-refractivity contribution >= 4 is 11.7 Å². The number of ketones is 1. The van der Waals surface area contributed by atoms with E-state index in [2.05, 4.69) is 5.32 Å². The van der Waals surface area contributed by atoms with E-state index in [-0.39, 0.29) is 5.78 Å². The van der Waals surface area contributed by atoms with Crippen LogP contribution in [0.5, 0.6) is 0 Å². The Hall–Kier alpha value is -1.67. The Balaban J connectivity index is 2.36. The summed E-state index contributed by atoms with van der Waals surface area (Å²) < 4.78 is 0. The number of Topliss-reactive ketones (excluding diaryl/α,β-unsaturated/α-hetero) is 1. The number of carbonyl (C=O) groups excluding carboxylic acids is 2. The predicted octanol–water partition coefficient (Wildman–Crippen LogP) is -0.585. The van der Waals surface area contributed by atoms with Crippen molar-refractivity contribution in [3.63, 3.8) is 0 Å². The first-order valence-electron chi connectivity index (χ1n) is 4.78. The van der Waals surface area contributed by atoms with Crippen LogP contribution in [0, 0.1) is 17.2 Å². The quantitative estimate of drug-likeness (QED) is 0.537. The maximum atomic E-state index is 11.7. The van der Waals surface area contributed by atoms with Crippen molar-refractivity contribution in [2.45, 2.75) is 6.42 Å². The lowest BCUT2D eigenvalue weighted by molar-refractivity contribution is -0.130.